The first-order valence-corrected chi connectivity index (χ1v) is 7.67. The molecule has 2 rings (SSSR count). The number of nitrogens with zero attached hydrogens (tertiary/aromatic N) is 1. The second-order valence-electron chi connectivity index (χ2n) is 5.78. The number of nitro groups is 1. The smallest absolute Gasteiger partial charge is 0.270 e. The molecule has 0 aliphatic carbocycles. The summed E-state index contributed by atoms with van der Waals surface area (Å²) in [6, 6.07) is 12.2. The third-order valence-corrected chi connectivity index (χ3v) is 3.77. The summed E-state index contributed by atoms with van der Waals surface area (Å²) in [5, 5.41) is 13.7. The van der Waals surface area contributed by atoms with E-state index in [4.69, 9.17) is 0 Å². The molecule has 124 valence electrons. The average molecular weight is 324 g/mol. The highest BCUT2D eigenvalue weighted by atomic mass is 16.6. The third kappa shape index (κ3) is 4.52. The van der Waals surface area contributed by atoms with Gasteiger partial charge in [0, 0.05) is 18.2 Å². The van der Waals surface area contributed by atoms with Crippen LogP contribution in [0.25, 0.3) is 6.08 Å². The van der Waals surface area contributed by atoms with E-state index in [1.807, 2.05) is 32.9 Å². The highest BCUT2D eigenvalue weighted by Gasteiger charge is 2.10. The lowest BCUT2D eigenvalue weighted by molar-refractivity contribution is -0.384. The van der Waals surface area contributed by atoms with Gasteiger partial charge in [0.2, 0.25) is 5.91 Å². The highest BCUT2D eigenvalue weighted by Crippen LogP contribution is 2.19. The Kier molecular flexibility index (Phi) is 5.47. The van der Waals surface area contributed by atoms with Gasteiger partial charge in [-0.3, -0.25) is 14.9 Å². The van der Waals surface area contributed by atoms with Gasteiger partial charge in [0.1, 0.15) is 0 Å². The lowest BCUT2D eigenvalue weighted by Gasteiger charge is -2.16. The molecule has 0 aliphatic rings. The van der Waals surface area contributed by atoms with Crippen molar-refractivity contribution in [2.24, 2.45) is 0 Å². The number of nitro benzene ring substituents is 1. The fraction of sp³-hybridized carbons (Fsp3) is 0.211. The van der Waals surface area contributed by atoms with Crippen molar-refractivity contribution in [2.75, 3.05) is 0 Å². The van der Waals surface area contributed by atoms with Crippen LogP contribution in [0, 0.1) is 24.0 Å². The van der Waals surface area contributed by atoms with Crippen LogP contribution in [0.15, 0.2) is 48.5 Å². The van der Waals surface area contributed by atoms with Gasteiger partial charge in [0.15, 0.2) is 0 Å². The molecule has 0 aromatic heterocycles. The van der Waals surface area contributed by atoms with Crippen molar-refractivity contribution in [1.82, 2.24) is 5.32 Å². The largest absolute Gasteiger partial charge is 0.346 e. The molecule has 0 radical (unpaired) electrons. The van der Waals surface area contributed by atoms with E-state index in [0.29, 0.717) is 5.56 Å². The zero-order valence-electron chi connectivity index (χ0n) is 13.9. The van der Waals surface area contributed by atoms with Gasteiger partial charge in [0.25, 0.3) is 5.69 Å². The molecule has 0 bridgehead atoms. The maximum absolute atomic E-state index is 12.1. The molecule has 0 saturated heterocycles. The molecule has 0 fully saturated rings. The summed E-state index contributed by atoms with van der Waals surface area (Å²) in [6.45, 7) is 5.96. The summed E-state index contributed by atoms with van der Waals surface area (Å²) >= 11 is 0. The lowest BCUT2D eigenvalue weighted by Crippen LogP contribution is -2.25. The van der Waals surface area contributed by atoms with E-state index in [-0.39, 0.29) is 17.6 Å². The first-order chi connectivity index (χ1) is 11.4. The van der Waals surface area contributed by atoms with Crippen LogP contribution < -0.4 is 5.32 Å². The van der Waals surface area contributed by atoms with Gasteiger partial charge in [-0.1, -0.05) is 35.9 Å². The van der Waals surface area contributed by atoms with Crippen LogP contribution in [0.3, 0.4) is 0 Å². The zero-order valence-corrected chi connectivity index (χ0v) is 13.9. The van der Waals surface area contributed by atoms with Crippen molar-refractivity contribution in [3.05, 3.63) is 80.9 Å². The average Bonchev–Trinajstić information content (AvgIpc) is 2.55. The number of aryl methyl sites for hydroxylation is 2. The van der Waals surface area contributed by atoms with E-state index in [9.17, 15) is 14.9 Å². The summed E-state index contributed by atoms with van der Waals surface area (Å²) in [5.74, 6) is -0.241. The first-order valence-electron chi connectivity index (χ1n) is 7.67. The van der Waals surface area contributed by atoms with E-state index in [1.54, 1.807) is 18.2 Å². The summed E-state index contributed by atoms with van der Waals surface area (Å²) in [7, 11) is 0. The topological polar surface area (TPSA) is 72.2 Å². The predicted octanol–water partition coefficient (Wildman–Crippen LogP) is 4.10. The minimum atomic E-state index is -0.458. The van der Waals surface area contributed by atoms with Gasteiger partial charge in [-0.2, -0.15) is 0 Å². The molecule has 5 nitrogen and oxygen atoms in total. The van der Waals surface area contributed by atoms with Gasteiger partial charge in [-0.05, 0) is 43.5 Å². The fourth-order valence-corrected chi connectivity index (χ4v) is 2.48. The second kappa shape index (κ2) is 7.55. The van der Waals surface area contributed by atoms with E-state index >= 15 is 0 Å². The minimum absolute atomic E-state index is 0.00121. The minimum Gasteiger partial charge on any atom is -0.346 e. The standard InChI is InChI=1S/C19H20N2O3/c1-13-7-8-14(2)18(11-13)15(3)20-19(22)10-9-16-5-4-6-17(12-16)21(23)24/h4-12,15H,1-3H3,(H,20,22)/b10-9+/t15-/m0/s1. The monoisotopic (exact) mass is 324 g/mol. The number of amides is 1. The molecule has 1 atom stereocenters. The number of hydrogen-bond donors (Lipinski definition) is 1. The maximum atomic E-state index is 12.1. The van der Waals surface area contributed by atoms with Gasteiger partial charge in [-0.15, -0.1) is 0 Å². The molecule has 1 N–H and O–H groups in total. The van der Waals surface area contributed by atoms with E-state index in [1.165, 1.54) is 18.2 Å². The molecule has 2 aromatic carbocycles. The number of carbonyl (C=O) groups excluding carboxylic acids is 1. The Morgan fingerprint density at radius 2 is 1.96 bits per heavy atom. The van der Waals surface area contributed by atoms with Crippen molar-refractivity contribution < 1.29 is 9.72 Å². The second-order valence-corrected chi connectivity index (χ2v) is 5.78. The van der Waals surface area contributed by atoms with Crippen LogP contribution in [0.1, 0.15) is 35.2 Å². The Bertz CT molecular complexity index is 797. The van der Waals surface area contributed by atoms with Gasteiger partial charge >= 0.3 is 0 Å². The maximum Gasteiger partial charge on any atom is 0.270 e. The van der Waals surface area contributed by atoms with Crippen molar-refractivity contribution in [3.63, 3.8) is 0 Å². The number of hydrogen-bond acceptors (Lipinski definition) is 3. The van der Waals surface area contributed by atoms with Crippen LogP contribution >= 0.6 is 0 Å². The molecule has 0 heterocycles. The summed E-state index contributed by atoms with van der Waals surface area (Å²) in [6.07, 6.45) is 2.96. The van der Waals surface area contributed by atoms with E-state index < -0.39 is 4.92 Å². The van der Waals surface area contributed by atoms with E-state index in [2.05, 4.69) is 11.4 Å². The van der Waals surface area contributed by atoms with Crippen molar-refractivity contribution >= 4 is 17.7 Å². The number of non-ortho nitro benzene ring substituents is 1. The van der Waals surface area contributed by atoms with Crippen LogP contribution in [-0.4, -0.2) is 10.8 Å². The number of nitrogens with one attached hydrogen (secondary N) is 1. The Labute approximate surface area is 141 Å². The molecule has 0 spiro atoms. The number of carbonyl (C=O) groups is 1. The molecule has 5 heteroatoms. The van der Waals surface area contributed by atoms with Crippen LogP contribution in [0.2, 0.25) is 0 Å². The Morgan fingerprint density at radius 1 is 1.21 bits per heavy atom. The molecule has 24 heavy (non-hydrogen) atoms. The van der Waals surface area contributed by atoms with Crippen LogP contribution in [-0.2, 0) is 4.79 Å². The third-order valence-electron chi connectivity index (χ3n) is 3.77. The SMILES string of the molecule is Cc1ccc(C)c([C@H](C)NC(=O)/C=C/c2cccc([N+](=O)[O-])c2)c1. The molecule has 0 saturated carbocycles. The van der Waals surface area contributed by atoms with Crippen molar-refractivity contribution in [3.8, 4) is 0 Å². The molecule has 1 amide bonds. The van der Waals surface area contributed by atoms with E-state index in [0.717, 1.165) is 16.7 Å². The molecule has 0 unspecified atom stereocenters. The Hall–Kier alpha value is -2.95. The van der Waals surface area contributed by atoms with Crippen molar-refractivity contribution in [1.29, 1.82) is 0 Å². The predicted molar refractivity (Wildman–Crippen MR) is 94.6 cm³/mol. The summed E-state index contributed by atoms with van der Waals surface area (Å²) in [5.41, 5.74) is 3.95. The first kappa shape index (κ1) is 17.4. The fourth-order valence-electron chi connectivity index (χ4n) is 2.48. The zero-order chi connectivity index (χ0) is 17.7. The molecular formula is C19H20N2O3. The van der Waals surface area contributed by atoms with Crippen LogP contribution in [0.4, 0.5) is 5.69 Å². The number of rotatable bonds is 5. The molecule has 2 aromatic rings. The normalized spacial score (nSPS) is 12.1. The van der Waals surface area contributed by atoms with Gasteiger partial charge in [-0.25, -0.2) is 0 Å². The van der Waals surface area contributed by atoms with Crippen molar-refractivity contribution in [2.45, 2.75) is 26.8 Å². The van der Waals surface area contributed by atoms with Gasteiger partial charge < -0.3 is 5.32 Å². The van der Waals surface area contributed by atoms with Gasteiger partial charge in [0.05, 0.1) is 11.0 Å². The summed E-state index contributed by atoms with van der Waals surface area (Å²) in [4.78, 5) is 22.4. The lowest BCUT2D eigenvalue weighted by atomic mass is 10.00. The van der Waals surface area contributed by atoms with Crippen LogP contribution in [0.5, 0.6) is 0 Å². The highest BCUT2D eigenvalue weighted by molar-refractivity contribution is 5.92. The Morgan fingerprint density at radius 3 is 2.67 bits per heavy atom. The molecule has 0 aliphatic heterocycles. The molecular weight excluding hydrogens is 304 g/mol. The quantitative estimate of drug-likeness (QED) is 0.511. The Balaban J connectivity index is 2.06. The number of benzene rings is 2. The summed E-state index contributed by atoms with van der Waals surface area (Å²) < 4.78 is 0.